The smallest absolute Gasteiger partial charge is 0.101 e. The highest BCUT2D eigenvalue weighted by Crippen LogP contribution is 2.26. The van der Waals surface area contributed by atoms with Gasteiger partial charge in [0.1, 0.15) is 6.07 Å². The molecule has 1 aromatic rings. The Hall–Kier alpha value is -1.49. The van der Waals surface area contributed by atoms with E-state index in [1.807, 2.05) is 12.1 Å². The Bertz CT molecular complexity index is 409. The molecule has 0 unspecified atom stereocenters. The monoisotopic (exact) mass is 228 g/mol. The van der Waals surface area contributed by atoms with Gasteiger partial charge in [-0.3, -0.25) is 0 Å². The molecule has 1 aliphatic rings. The zero-order valence-corrected chi connectivity index (χ0v) is 10.6. The third kappa shape index (κ3) is 2.79. The van der Waals surface area contributed by atoms with Crippen LogP contribution in [0.3, 0.4) is 0 Å². The molecule has 0 amide bonds. The summed E-state index contributed by atoms with van der Waals surface area (Å²) in [6, 6.07) is 8.34. The number of rotatable bonds is 1. The van der Waals surface area contributed by atoms with Gasteiger partial charge in [-0.25, -0.2) is 0 Å². The van der Waals surface area contributed by atoms with Crippen LogP contribution in [0.4, 0.5) is 5.69 Å². The van der Waals surface area contributed by atoms with Crippen LogP contribution in [0, 0.1) is 18.3 Å². The molecule has 0 N–H and O–H groups in total. The first-order valence-electron chi connectivity index (χ1n) is 6.57. The number of hydrogen-bond donors (Lipinski definition) is 0. The molecule has 0 radical (unpaired) electrons. The van der Waals surface area contributed by atoms with Crippen LogP contribution in [0.5, 0.6) is 0 Å². The van der Waals surface area contributed by atoms with Crippen molar-refractivity contribution in [1.29, 1.82) is 5.26 Å². The molecule has 0 aliphatic carbocycles. The maximum absolute atomic E-state index is 9.22. The van der Waals surface area contributed by atoms with Gasteiger partial charge in [0.2, 0.25) is 0 Å². The molecule has 1 saturated heterocycles. The summed E-state index contributed by atoms with van der Waals surface area (Å²) in [6.07, 6.45) is 6.51. The van der Waals surface area contributed by atoms with Crippen molar-refractivity contribution in [2.45, 2.75) is 39.0 Å². The number of nitriles is 1. The minimum atomic E-state index is 0.825. The number of hydrogen-bond acceptors (Lipinski definition) is 2. The number of nitrogens with zero attached hydrogens (tertiary/aromatic N) is 2. The molecule has 2 nitrogen and oxygen atoms in total. The summed E-state index contributed by atoms with van der Waals surface area (Å²) < 4.78 is 0. The van der Waals surface area contributed by atoms with Crippen molar-refractivity contribution < 1.29 is 0 Å². The van der Waals surface area contributed by atoms with E-state index >= 15 is 0 Å². The Labute approximate surface area is 104 Å². The minimum absolute atomic E-state index is 0.825. The first-order chi connectivity index (χ1) is 8.33. The normalized spacial score (nSPS) is 17.1. The molecule has 2 rings (SSSR count). The standard InChI is InChI=1S/C15H20N2/c1-13-8-7-9-14(12-16)15(13)17-10-5-3-2-4-6-11-17/h7-9H,2-6,10-11H2,1H3. The first kappa shape index (κ1) is 12.0. The molecule has 1 fully saturated rings. The average molecular weight is 228 g/mol. The van der Waals surface area contributed by atoms with Crippen molar-refractivity contribution in [2.75, 3.05) is 18.0 Å². The molecule has 0 aromatic heterocycles. The third-order valence-corrected chi connectivity index (χ3v) is 3.53. The average Bonchev–Trinajstić information content (AvgIpc) is 2.29. The zero-order chi connectivity index (χ0) is 12.1. The maximum atomic E-state index is 9.22. The van der Waals surface area contributed by atoms with Gasteiger partial charge >= 0.3 is 0 Å². The van der Waals surface area contributed by atoms with E-state index in [1.54, 1.807) is 0 Å². The number of para-hydroxylation sites is 1. The molecule has 1 aliphatic heterocycles. The predicted molar refractivity (Wildman–Crippen MR) is 71.2 cm³/mol. The fourth-order valence-corrected chi connectivity index (χ4v) is 2.64. The number of anilines is 1. The molecule has 0 saturated carbocycles. The second kappa shape index (κ2) is 5.72. The van der Waals surface area contributed by atoms with E-state index in [4.69, 9.17) is 0 Å². The highest BCUT2D eigenvalue weighted by atomic mass is 15.1. The lowest BCUT2D eigenvalue weighted by Crippen LogP contribution is -2.28. The topological polar surface area (TPSA) is 27.0 Å². The van der Waals surface area contributed by atoms with Crippen molar-refractivity contribution in [3.8, 4) is 6.07 Å². The minimum Gasteiger partial charge on any atom is -0.370 e. The summed E-state index contributed by atoms with van der Waals surface area (Å²) in [4.78, 5) is 2.41. The van der Waals surface area contributed by atoms with Crippen LogP contribution in [-0.4, -0.2) is 13.1 Å². The second-order valence-corrected chi connectivity index (χ2v) is 4.84. The van der Waals surface area contributed by atoms with Crippen molar-refractivity contribution in [2.24, 2.45) is 0 Å². The molecule has 1 aromatic carbocycles. The number of aryl methyl sites for hydroxylation is 1. The summed E-state index contributed by atoms with van der Waals surface area (Å²) in [7, 11) is 0. The maximum Gasteiger partial charge on any atom is 0.101 e. The Morgan fingerprint density at radius 1 is 1.06 bits per heavy atom. The van der Waals surface area contributed by atoms with Crippen molar-refractivity contribution >= 4 is 5.69 Å². The molecule has 17 heavy (non-hydrogen) atoms. The lowest BCUT2D eigenvalue weighted by Gasteiger charge is -2.29. The van der Waals surface area contributed by atoms with E-state index in [0.717, 1.165) is 24.3 Å². The van der Waals surface area contributed by atoms with Crippen LogP contribution in [0.25, 0.3) is 0 Å². The summed E-state index contributed by atoms with van der Waals surface area (Å²) in [5.41, 5.74) is 3.21. The number of benzene rings is 1. The van der Waals surface area contributed by atoms with Gasteiger partial charge in [0.25, 0.3) is 0 Å². The molecular weight excluding hydrogens is 208 g/mol. The van der Waals surface area contributed by atoms with Crippen LogP contribution in [-0.2, 0) is 0 Å². The van der Waals surface area contributed by atoms with Crippen molar-refractivity contribution in [3.05, 3.63) is 29.3 Å². The van der Waals surface area contributed by atoms with Crippen molar-refractivity contribution in [3.63, 3.8) is 0 Å². The van der Waals surface area contributed by atoms with Crippen LogP contribution in [0.1, 0.15) is 43.2 Å². The Morgan fingerprint density at radius 3 is 2.35 bits per heavy atom. The summed E-state index contributed by atoms with van der Waals surface area (Å²) in [5, 5.41) is 9.22. The fourth-order valence-electron chi connectivity index (χ4n) is 2.64. The molecule has 90 valence electrons. The van der Waals surface area contributed by atoms with Crippen LogP contribution in [0.15, 0.2) is 18.2 Å². The van der Waals surface area contributed by atoms with E-state index < -0.39 is 0 Å². The van der Waals surface area contributed by atoms with Crippen LogP contribution >= 0.6 is 0 Å². The summed E-state index contributed by atoms with van der Waals surface area (Å²) in [6.45, 7) is 4.30. The Balaban J connectivity index is 2.28. The van der Waals surface area contributed by atoms with Gasteiger partial charge in [0.05, 0.1) is 11.3 Å². The van der Waals surface area contributed by atoms with E-state index in [9.17, 15) is 5.26 Å². The first-order valence-corrected chi connectivity index (χ1v) is 6.57. The SMILES string of the molecule is Cc1cccc(C#N)c1N1CCCCCCC1. The molecule has 0 spiro atoms. The summed E-state index contributed by atoms with van der Waals surface area (Å²) in [5.74, 6) is 0. The fraction of sp³-hybridized carbons (Fsp3) is 0.533. The van der Waals surface area contributed by atoms with Gasteiger partial charge in [-0.05, 0) is 31.4 Å². The van der Waals surface area contributed by atoms with E-state index in [0.29, 0.717) is 0 Å². The van der Waals surface area contributed by atoms with Crippen LogP contribution < -0.4 is 4.90 Å². The van der Waals surface area contributed by atoms with Gasteiger partial charge in [-0.15, -0.1) is 0 Å². The van der Waals surface area contributed by atoms with Gasteiger partial charge in [-0.1, -0.05) is 31.4 Å². The Kier molecular flexibility index (Phi) is 4.03. The molecule has 0 atom stereocenters. The molecule has 1 heterocycles. The largest absolute Gasteiger partial charge is 0.370 e. The van der Waals surface area contributed by atoms with Gasteiger partial charge in [-0.2, -0.15) is 5.26 Å². The Morgan fingerprint density at radius 2 is 1.71 bits per heavy atom. The zero-order valence-electron chi connectivity index (χ0n) is 10.6. The highest BCUT2D eigenvalue weighted by Gasteiger charge is 2.14. The van der Waals surface area contributed by atoms with Crippen molar-refractivity contribution in [1.82, 2.24) is 0 Å². The van der Waals surface area contributed by atoms with Gasteiger partial charge < -0.3 is 4.90 Å². The molecule has 0 bridgehead atoms. The molecular formula is C15H20N2. The van der Waals surface area contributed by atoms with E-state index in [1.165, 1.54) is 37.7 Å². The van der Waals surface area contributed by atoms with Crippen LogP contribution in [0.2, 0.25) is 0 Å². The predicted octanol–water partition coefficient (Wildman–Crippen LogP) is 3.64. The van der Waals surface area contributed by atoms with Gasteiger partial charge in [0.15, 0.2) is 0 Å². The van der Waals surface area contributed by atoms with E-state index in [-0.39, 0.29) is 0 Å². The third-order valence-electron chi connectivity index (χ3n) is 3.53. The second-order valence-electron chi connectivity index (χ2n) is 4.84. The summed E-state index contributed by atoms with van der Waals surface area (Å²) >= 11 is 0. The van der Waals surface area contributed by atoms with Gasteiger partial charge in [0, 0.05) is 13.1 Å². The lowest BCUT2D eigenvalue weighted by atomic mass is 10.0. The lowest BCUT2D eigenvalue weighted by molar-refractivity contribution is 0.556. The molecule has 2 heteroatoms. The highest BCUT2D eigenvalue weighted by molar-refractivity contribution is 5.64. The quantitative estimate of drug-likeness (QED) is 0.733. The van der Waals surface area contributed by atoms with E-state index in [2.05, 4.69) is 24.0 Å².